The largest absolute Gasteiger partial charge is 0.455 e. The molecule has 156 valence electrons. The van der Waals surface area contributed by atoms with Gasteiger partial charge in [0.1, 0.15) is 5.75 Å². The summed E-state index contributed by atoms with van der Waals surface area (Å²) < 4.78 is 5.83. The van der Waals surface area contributed by atoms with E-state index in [0.29, 0.717) is 23.6 Å². The highest BCUT2D eigenvalue weighted by molar-refractivity contribution is 5.95. The van der Waals surface area contributed by atoms with Gasteiger partial charge >= 0.3 is 0 Å². The SMILES string of the molecule is CCCCCCCCCC(=O)NCC(=O)Nc1ccccc1Oc1ccccc1. The second kappa shape index (κ2) is 13.4. The third kappa shape index (κ3) is 9.28. The highest BCUT2D eigenvalue weighted by atomic mass is 16.5. The molecule has 0 radical (unpaired) electrons. The molecule has 0 aliphatic carbocycles. The molecule has 0 bridgehead atoms. The summed E-state index contributed by atoms with van der Waals surface area (Å²) in [6.07, 6.45) is 8.62. The van der Waals surface area contributed by atoms with Gasteiger partial charge in [-0.15, -0.1) is 0 Å². The topological polar surface area (TPSA) is 67.4 Å². The predicted octanol–water partition coefficient (Wildman–Crippen LogP) is 5.67. The van der Waals surface area contributed by atoms with Crippen molar-refractivity contribution in [1.29, 1.82) is 0 Å². The number of anilines is 1. The minimum absolute atomic E-state index is 0.0466. The first-order valence-electron chi connectivity index (χ1n) is 10.6. The second-order valence-electron chi connectivity index (χ2n) is 7.11. The zero-order valence-electron chi connectivity index (χ0n) is 17.3. The van der Waals surface area contributed by atoms with E-state index >= 15 is 0 Å². The van der Waals surface area contributed by atoms with Crippen LogP contribution in [0.5, 0.6) is 11.5 Å². The maximum atomic E-state index is 12.2. The molecule has 5 nitrogen and oxygen atoms in total. The smallest absolute Gasteiger partial charge is 0.243 e. The van der Waals surface area contributed by atoms with E-state index in [2.05, 4.69) is 17.6 Å². The first-order chi connectivity index (χ1) is 14.2. The lowest BCUT2D eigenvalue weighted by Crippen LogP contribution is -2.32. The number of hydrogen-bond donors (Lipinski definition) is 2. The van der Waals surface area contributed by atoms with Crippen molar-refractivity contribution in [2.24, 2.45) is 0 Å². The molecule has 2 amide bonds. The minimum Gasteiger partial charge on any atom is -0.455 e. The Labute approximate surface area is 173 Å². The van der Waals surface area contributed by atoms with Crippen molar-refractivity contribution in [3.63, 3.8) is 0 Å². The number of nitrogens with one attached hydrogen (secondary N) is 2. The van der Waals surface area contributed by atoms with Crippen molar-refractivity contribution in [2.75, 3.05) is 11.9 Å². The molecule has 0 fully saturated rings. The maximum Gasteiger partial charge on any atom is 0.243 e. The van der Waals surface area contributed by atoms with Crippen LogP contribution in [0.25, 0.3) is 0 Å². The van der Waals surface area contributed by atoms with Gasteiger partial charge in [-0.3, -0.25) is 9.59 Å². The van der Waals surface area contributed by atoms with E-state index in [1.165, 1.54) is 32.1 Å². The van der Waals surface area contributed by atoms with Crippen LogP contribution in [0.1, 0.15) is 58.3 Å². The summed E-state index contributed by atoms with van der Waals surface area (Å²) in [5, 5.41) is 5.49. The molecule has 5 heteroatoms. The van der Waals surface area contributed by atoms with Crippen LogP contribution < -0.4 is 15.4 Å². The molecule has 0 unspecified atom stereocenters. The Morgan fingerprint density at radius 2 is 1.45 bits per heavy atom. The summed E-state index contributed by atoms with van der Waals surface area (Å²) in [4.78, 5) is 24.1. The molecule has 0 atom stereocenters. The number of rotatable bonds is 13. The van der Waals surface area contributed by atoms with Crippen molar-refractivity contribution < 1.29 is 14.3 Å². The molecule has 0 heterocycles. The summed E-state index contributed by atoms with van der Waals surface area (Å²) in [6, 6.07) is 16.6. The third-order valence-electron chi connectivity index (χ3n) is 4.59. The van der Waals surface area contributed by atoms with Crippen molar-refractivity contribution in [2.45, 2.75) is 58.3 Å². The fourth-order valence-corrected chi connectivity index (χ4v) is 2.98. The van der Waals surface area contributed by atoms with E-state index in [9.17, 15) is 9.59 Å². The van der Waals surface area contributed by atoms with Crippen LogP contribution in [0.15, 0.2) is 54.6 Å². The fourth-order valence-electron chi connectivity index (χ4n) is 2.98. The zero-order chi connectivity index (χ0) is 20.7. The van der Waals surface area contributed by atoms with Crippen molar-refractivity contribution >= 4 is 17.5 Å². The molecule has 0 aromatic heterocycles. The minimum atomic E-state index is -0.276. The zero-order valence-corrected chi connectivity index (χ0v) is 17.3. The average molecular weight is 397 g/mol. The van der Waals surface area contributed by atoms with Gasteiger partial charge in [0.05, 0.1) is 12.2 Å². The molecule has 0 saturated heterocycles. The normalized spacial score (nSPS) is 10.4. The first-order valence-corrected chi connectivity index (χ1v) is 10.6. The second-order valence-corrected chi connectivity index (χ2v) is 7.11. The summed E-state index contributed by atoms with van der Waals surface area (Å²) in [7, 11) is 0. The van der Waals surface area contributed by atoms with Gasteiger partial charge in [0.15, 0.2) is 5.75 Å². The summed E-state index contributed by atoms with van der Waals surface area (Å²) in [6.45, 7) is 2.16. The molecule has 2 rings (SSSR count). The van der Waals surface area contributed by atoms with Gasteiger partial charge in [0, 0.05) is 6.42 Å². The van der Waals surface area contributed by atoms with Crippen molar-refractivity contribution in [3.8, 4) is 11.5 Å². The monoisotopic (exact) mass is 396 g/mol. The van der Waals surface area contributed by atoms with Crippen LogP contribution in [-0.4, -0.2) is 18.4 Å². The van der Waals surface area contributed by atoms with Crippen molar-refractivity contribution in [3.05, 3.63) is 54.6 Å². The Kier molecular flexibility index (Phi) is 10.4. The van der Waals surface area contributed by atoms with Gasteiger partial charge in [0.2, 0.25) is 11.8 Å². The van der Waals surface area contributed by atoms with Crippen LogP contribution in [0, 0.1) is 0 Å². The van der Waals surface area contributed by atoms with E-state index < -0.39 is 0 Å². The van der Waals surface area contributed by atoms with Crippen LogP contribution in [0.4, 0.5) is 5.69 Å². The van der Waals surface area contributed by atoms with Crippen LogP contribution in [0.2, 0.25) is 0 Å². The number of unbranched alkanes of at least 4 members (excludes halogenated alkanes) is 6. The van der Waals surface area contributed by atoms with Crippen LogP contribution in [-0.2, 0) is 9.59 Å². The van der Waals surface area contributed by atoms with E-state index in [0.717, 1.165) is 12.8 Å². The molecule has 0 aliphatic heterocycles. The average Bonchev–Trinajstić information content (AvgIpc) is 2.74. The van der Waals surface area contributed by atoms with Gasteiger partial charge in [-0.05, 0) is 30.7 Å². The lowest BCUT2D eigenvalue weighted by molar-refractivity contribution is -0.124. The highest BCUT2D eigenvalue weighted by Crippen LogP contribution is 2.28. The highest BCUT2D eigenvalue weighted by Gasteiger charge is 2.10. The quantitative estimate of drug-likeness (QED) is 0.428. The van der Waals surface area contributed by atoms with E-state index in [-0.39, 0.29) is 18.4 Å². The number of carbonyl (C=O) groups is 2. The summed E-state index contributed by atoms with van der Waals surface area (Å²) in [5.74, 6) is 0.892. The standard InChI is InChI=1S/C24H32N2O3/c1-2-3-4-5-6-7-11-18-23(27)25-19-24(28)26-21-16-12-13-17-22(21)29-20-14-9-8-10-15-20/h8-10,12-17H,2-7,11,18-19H2,1H3,(H,25,27)(H,26,28). The van der Waals surface area contributed by atoms with Gasteiger partial charge in [-0.2, -0.15) is 0 Å². The molecular weight excluding hydrogens is 364 g/mol. The Bertz CT molecular complexity index is 747. The van der Waals surface area contributed by atoms with Gasteiger partial charge in [-0.25, -0.2) is 0 Å². The molecule has 2 aromatic carbocycles. The summed E-state index contributed by atoms with van der Waals surface area (Å²) >= 11 is 0. The lowest BCUT2D eigenvalue weighted by Gasteiger charge is -2.12. The van der Waals surface area contributed by atoms with Gasteiger partial charge in [-0.1, -0.05) is 75.8 Å². The van der Waals surface area contributed by atoms with Gasteiger partial charge in [0.25, 0.3) is 0 Å². The Morgan fingerprint density at radius 1 is 0.793 bits per heavy atom. The van der Waals surface area contributed by atoms with Crippen molar-refractivity contribution in [1.82, 2.24) is 5.32 Å². The number of carbonyl (C=O) groups excluding carboxylic acids is 2. The summed E-state index contributed by atoms with van der Waals surface area (Å²) in [5.41, 5.74) is 0.572. The fraction of sp³-hybridized carbons (Fsp3) is 0.417. The number of ether oxygens (including phenoxy) is 1. The molecular formula is C24H32N2O3. The third-order valence-corrected chi connectivity index (χ3v) is 4.59. The molecule has 29 heavy (non-hydrogen) atoms. The number of benzene rings is 2. The molecule has 0 saturated carbocycles. The van der Waals surface area contributed by atoms with Crippen LogP contribution in [0.3, 0.4) is 0 Å². The number of hydrogen-bond acceptors (Lipinski definition) is 3. The molecule has 2 aromatic rings. The molecule has 2 N–H and O–H groups in total. The number of para-hydroxylation sites is 3. The first kappa shape index (κ1) is 22.5. The number of amides is 2. The van der Waals surface area contributed by atoms with Crippen LogP contribution >= 0.6 is 0 Å². The van der Waals surface area contributed by atoms with Gasteiger partial charge < -0.3 is 15.4 Å². The molecule has 0 aliphatic rings. The Morgan fingerprint density at radius 3 is 2.21 bits per heavy atom. The van der Waals surface area contributed by atoms with E-state index in [1.807, 2.05) is 42.5 Å². The molecule has 0 spiro atoms. The maximum absolute atomic E-state index is 12.2. The Hall–Kier alpha value is -2.82. The lowest BCUT2D eigenvalue weighted by atomic mass is 10.1. The van der Waals surface area contributed by atoms with E-state index in [4.69, 9.17) is 4.74 Å². The predicted molar refractivity (Wildman–Crippen MR) is 117 cm³/mol. The Balaban J connectivity index is 1.69. The van der Waals surface area contributed by atoms with E-state index in [1.54, 1.807) is 12.1 Å².